The number of aromatic nitrogens is 2. The number of rotatable bonds is 4. The zero-order chi connectivity index (χ0) is 14.9. The van der Waals surface area contributed by atoms with Gasteiger partial charge in [-0.1, -0.05) is 29.3 Å². The minimum Gasteiger partial charge on any atom is -0.313 e. The Morgan fingerprint density at radius 1 is 1.40 bits per heavy atom. The lowest BCUT2D eigenvalue weighted by Gasteiger charge is -2.17. The van der Waals surface area contributed by atoms with Crippen LogP contribution < -0.4 is 5.32 Å². The zero-order valence-electron chi connectivity index (χ0n) is 11.5. The molecule has 0 aliphatic heterocycles. The maximum absolute atomic E-state index is 13.2. The van der Waals surface area contributed by atoms with E-state index in [1.807, 2.05) is 21.0 Å². The molecule has 1 unspecified atom stereocenters. The van der Waals surface area contributed by atoms with Gasteiger partial charge in [0.2, 0.25) is 0 Å². The van der Waals surface area contributed by atoms with Crippen LogP contribution in [0.2, 0.25) is 10.0 Å². The summed E-state index contributed by atoms with van der Waals surface area (Å²) < 4.78 is 15.0. The van der Waals surface area contributed by atoms with Crippen molar-refractivity contribution >= 4 is 23.2 Å². The minimum absolute atomic E-state index is 0.0135. The number of nitrogens with zero attached hydrogens (tertiary/aromatic N) is 2. The van der Waals surface area contributed by atoms with Gasteiger partial charge in [-0.2, -0.15) is 5.10 Å². The van der Waals surface area contributed by atoms with Crippen molar-refractivity contribution in [2.24, 2.45) is 7.05 Å². The molecular formula is C14H16Cl2FN3. The smallest absolute Gasteiger partial charge is 0.141 e. The third-order valence-electron chi connectivity index (χ3n) is 3.35. The molecule has 2 rings (SSSR count). The molecule has 3 nitrogen and oxygen atoms in total. The molecule has 0 radical (unpaired) electrons. The molecule has 0 amide bonds. The first kappa shape index (κ1) is 15.3. The van der Waals surface area contributed by atoms with Gasteiger partial charge in [0.1, 0.15) is 5.82 Å². The zero-order valence-corrected chi connectivity index (χ0v) is 13.1. The molecule has 0 spiro atoms. The maximum atomic E-state index is 13.2. The van der Waals surface area contributed by atoms with Crippen molar-refractivity contribution in [1.29, 1.82) is 0 Å². The molecule has 1 aromatic heterocycles. The van der Waals surface area contributed by atoms with Crippen molar-refractivity contribution in [3.05, 3.63) is 51.0 Å². The van der Waals surface area contributed by atoms with Gasteiger partial charge >= 0.3 is 0 Å². The standard InChI is InChI=1S/C14H16Cl2FN3/c1-8-14(16)13(20(3)19-8)7-12(18-2)9-4-5-11(17)10(15)6-9/h4-6,12,18H,7H2,1-3H3. The molecule has 0 bridgehead atoms. The third-order valence-corrected chi connectivity index (χ3v) is 4.13. The van der Waals surface area contributed by atoms with Gasteiger partial charge in [-0.15, -0.1) is 0 Å². The van der Waals surface area contributed by atoms with E-state index in [-0.39, 0.29) is 11.1 Å². The van der Waals surface area contributed by atoms with E-state index in [4.69, 9.17) is 23.2 Å². The Bertz CT molecular complexity index is 625. The van der Waals surface area contributed by atoms with Crippen LogP contribution >= 0.6 is 23.2 Å². The summed E-state index contributed by atoms with van der Waals surface area (Å²) in [4.78, 5) is 0. The van der Waals surface area contributed by atoms with Crippen LogP contribution in [0.4, 0.5) is 4.39 Å². The SMILES string of the molecule is CNC(Cc1c(Cl)c(C)nn1C)c1ccc(F)c(Cl)c1. The van der Waals surface area contributed by atoms with Crippen molar-refractivity contribution in [2.45, 2.75) is 19.4 Å². The summed E-state index contributed by atoms with van der Waals surface area (Å²) >= 11 is 12.1. The van der Waals surface area contributed by atoms with Crippen LogP contribution in [-0.4, -0.2) is 16.8 Å². The Morgan fingerprint density at radius 3 is 2.60 bits per heavy atom. The summed E-state index contributed by atoms with van der Waals surface area (Å²) in [6.45, 7) is 1.87. The van der Waals surface area contributed by atoms with Gasteiger partial charge in [-0.3, -0.25) is 4.68 Å². The van der Waals surface area contributed by atoms with E-state index < -0.39 is 5.82 Å². The lowest BCUT2D eigenvalue weighted by Crippen LogP contribution is -2.20. The van der Waals surface area contributed by atoms with Crippen LogP contribution in [0.5, 0.6) is 0 Å². The monoisotopic (exact) mass is 315 g/mol. The van der Waals surface area contributed by atoms with E-state index in [0.717, 1.165) is 17.0 Å². The molecule has 0 saturated carbocycles. The predicted octanol–water partition coefficient (Wildman–Crippen LogP) is 3.68. The predicted molar refractivity (Wildman–Crippen MR) is 79.9 cm³/mol. The normalized spacial score (nSPS) is 12.7. The molecule has 0 fully saturated rings. The first-order chi connectivity index (χ1) is 9.43. The van der Waals surface area contributed by atoms with Crippen molar-refractivity contribution in [3.63, 3.8) is 0 Å². The first-order valence-electron chi connectivity index (χ1n) is 6.24. The Hall–Kier alpha value is -1.10. The van der Waals surface area contributed by atoms with Crippen LogP contribution in [0.15, 0.2) is 18.2 Å². The molecule has 1 N–H and O–H groups in total. The molecule has 0 aliphatic carbocycles. The average molecular weight is 316 g/mol. The summed E-state index contributed by atoms with van der Waals surface area (Å²) in [7, 11) is 3.71. The molecule has 2 aromatic rings. The summed E-state index contributed by atoms with van der Waals surface area (Å²) in [6.07, 6.45) is 0.647. The molecule has 6 heteroatoms. The number of benzene rings is 1. The van der Waals surface area contributed by atoms with Crippen molar-refractivity contribution < 1.29 is 4.39 Å². The molecule has 1 atom stereocenters. The van der Waals surface area contributed by atoms with Crippen LogP contribution in [0.1, 0.15) is 23.0 Å². The second-order valence-corrected chi connectivity index (χ2v) is 5.47. The molecule has 20 heavy (non-hydrogen) atoms. The van der Waals surface area contributed by atoms with E-state index in [2.05, 4.69) is 10.4 Å². The van der Waals surface area contributed by atoms with Crippen LogP contribution in [0.25, 0.3) is 0 Å². The van der Waals surface area contributed by atoms with Gasteiger partial charge < -0.3 is 5.32 Å². The van der Waals surface area contributed by atoms with Crippen LogP contribution in [0, 0.1) is 12.7 Å². The fourth-order valence-electron chi connectivity index (χ4n) is 2.21. The van der Waals surface area contributed by atoms with Gasteiger partial charge in [-0.25, -0.2) is 4.39 Å². The summed E-state index contributed by atoms with van der Waals surface area (Å²) in [5.74, 6) is -0.417. The average Bonchev–Trinajstić information content (AvgIpc) is 2.65. The Labute approximate surface area is 127 Å². The number of likely N-dealkylation sites (N-methyl/N-ethyl adjacent to an activating group) is 1. The van der Waals surface area contributed by atoms with E-state index in [9.17, 15) is 4.39 Å². The summed E-state index contributed by atoms with van der Waals surface area (Å²) in [6, 6.07) is 4.72. The second kappa shape index (κ2) is 6.12. The fraction of sp³-hybridized carbons (Fsp3) is 0.357. The van der Waals surface area contributed by atoms with E-state index in [1.165, 1.54) is 6.07 Å². The lowest BCUT2D eigenvalue weighted by molar-refractivity contribution is 0.558. The van der Waals surface area contributed by atoms with E-state index in [0.29, 0.717) is 11.4 Å². The van der Waals surface area contributed by atoms with Gasteiger partial charge in [-0.05, 0) is 31.7 Å². The second-order valence-electron chi connectivity index (χ2n) is 4.69. The van der Waals surface area contributed by atoms with Crippen molar-refractivity contribution in [2.75, 3.05) is 7.05 Å². The highest BCUT2D eigenvalue weighted by molar-refractivity contribution is 6.32. The number of halogens is 3. The van der Waals surface area contributed by atoms with Gasteiger partial charge in [0.25, 0.3) is 0 Å². The lowest BCUT2D eigenvalue weighted by atomic mass is 10.0. The van der Waals surface area contributed by atoms with Crippen molar-refractivity contribution in [3.8, 4) is 0 Å². The minimum atomic E-state index is -0.417. The highest BCUT2D eigenvalue weighted by Crippen LogP contribution is 2.27. The molecule has 1 heterocycles. The van der Waals surface area contributed by atoms with Gasteiger partial charge in [0.15, 0.2) is 0 Å². The largest absolute Gasteiger partial charge is 0.313 e. The number of hydrogen-bond acceptors (Lipinski definition) is 2. The van der Waals surface area contributed by atoms with Crippen LogP contribution in [0.3, 0.4) is 0 Å². The highest BCUT2D eigenvalue weighted by atomic mass is 35.5. The van der Waals surface area contributed by atoms with Crippen molar-refractivity contribution in [1.82, 2.24) is 15.1 Å². The summed E-state index contributed by atoms with van der Waals surface area (Å²) in [5.41, 5.74) is 2.65. The Kier molecular flexibility index (Phi) is 4.68. The maximum Gasteiger partial charge on any atom is 0.141 e. The number of hydrogen-bond donors (Lipinski definition) is 1. The van der Waals surface area contributed by atoms with Gasteiger partial charge in [0, 0.05) is 19.5 Å². The fourth-order valence-corrected chi connectivity index (χ4v) is 2.64. The van der Waals surface area contributed by atoms with E-state index >= 15 is 0 Å². The molecule has 0 aliphatic rings. The number of aryl methyl sites for hydroxylation is 2. The Balaban J connectivity index is 2.31. The number of nitrogens with one attached hydrogen (secondary N) is 1. The third kappa shape index (κ3) is 2.97. The molecule has 108 valence electrons. The van der Waals surface area contributed by atoms with E-state index in [1.54, 1.807) is 16.8 Å². The molecule has 0 saturated heterocycles. The highest BCUT2D eigenvalue weighted by Gasteiger charge is 2.18. The molecule has 1 aromatic carbocycles. The van der Waals surface area contributed by atoms with Gasteiger partial charge in [0.05, 0.1) is 21.4 Å². The first-order valence-corrected chi connectivity index (χ1v) is 6.99. The summed E-state index contributed by atoms with van der Waals surface area (Å²) in [5, 5.41) is 8.28. The topological polar surface area (TPSA) is 29.9 Å². The molecular weight excluding hydrogens is 300 g/mol. The van der Waals surface area contributed by atoms with Crippen LogP contribution in [-0.2, 0) is 13.5 Å². The quantitative estimate of drug-likeness (QED) is 0.932. The Morgan fingerprint density at radius 2 is 2.10 bits per heavy atom.